The Morgan fingerprint density at radius 2 is 2.29 bits per heavy atom. The molecule has 1 rings (SSSR count). The van der Waals surface area contributed by atoms with E-state index in [2.05, 4.69) is 4.99 Å². The number of carbonyl (C=O) groups excluding carboxylic acids is 1. The molecule has 0 radical (unpaired) electrons. The van der Waals surface area contributed by atoms with E-state index in [1.165, 1.54) is 0 Å². The Morgan fingerprint density at radius 3 is 2.79 bits per heavy atom. The molecular formula is C11H15NO2. The van der Waals surface area contributed by atoms with Crippen LogP contribution in [0.3, 0.4) is 0 Å². The molecule has 3 heteroatoms. The number of hydrogen-bond acceptors (Lipinski definition) is 3. The number of hydrogen-bond donors (Lipinski definition) is 0. The summed E-state index contributed by atoms with van der Waals surface area (Å²) in [5, 5.41) is 0. The van der Waals surface area contributed by atoms with Gasteiger partial charge in [0, 0.05) is 7.05 Å². The zero-order valence-corrected chi connectivity index (χ0v) is 8.78. The minimum atomic E-state index is -0.514. The van der Waals surface area contributed by atoms with Crippen LogP contribution in [-0.4, -0.2) is 19.5 Å². The monoisotopic (exact) mass is 193 g/mol. The van der Waals surface area contributed by atoms with Gasteiger partial charge in [0.2, 0.25) is 0 Å². The van der Waals surface area contributed by atoms with Crippen LogP contribution in [-0.2, 0) is 10.2 Å². The van der Waals surface area contributed by atoms with Crippen molar-refractivity contribution in [2.45, 2.75) is 25.7 Å². The van der Waals surface area contributed by atoms with Crippen molar-refractivity contribution in [2.75, 3.05) is 7.05 Å². The van der Waals surface area contributed by atoms with E-state index < -0.39 is 5.41 Å². The highest BCUT2D eigenvalue weighted by Crippen LogP contribution is 2.26. The first-order valence-corrected chi connectivity index (χ1v) is 4.65. The number of aliphatic imine (C=N–C) groups is 1. The van der Waals surface area contributed by atoms with Gasteiger partial charge in [-0.05, 0) is 25.5 Å². The maximum Gasteiger partial charge on any atom is 0.144 e. The number of carbonyl (C=O) groups is 1. The molecule has 0 amide bonds. The number of furan rings is 1. The maximum absolute atomic E-state index is 10.9. The lowest BCUT2D eigenvalue weighted by molar-refractivity contribution is -0.112. The Hall–Kier alpha value is -1.38. The molecule has 0 saturated carbocycles. The summed E-state index contributed by atoms with van der Waals surface area (Å²) in [6.07, 6.45) is 3.29. The van der Waals surface area contributed by atoms with Gasteiger partial charge in [-0.1, -0.05) is 6.92 Å². The van der Waals surface area contributed by atoms with Gasteiger partial charge in [-0.3, -0.25) is 4.99 Å². The fraction of sp³-hybridized carbons (Fsp3) is 0.455. The van der Waals surface area contributed by atoms with Crippen LogP contribution in [0.15, 0.2) is 21.5 Å². The van der Waals surface area contributed by atoms with Crippen molar-refractivity contribution in [3.8, 4) is 0 Å². The molecule has 1 aromatic heterocycles. The summed E-state index contributed by atoms with van der Waals surface area (Å²) < 4.78 is 5.49. The largest absolute Gasteiger partial charge is 0.459 e. The number of nitrogens with zero attached hydrogens (tertiary/aromatic N) is 1. The lowest BCUT2D eigenvalue weighted by Gasteiger charge is -2.17. The van der Waals surface area contributed by atoms with Crippen LogP contribution in [0.5, 0.6) is 0 Å². The fourth-order valence-electron chi connectivity index (χ4n) is 1.17. The topological polar surface area (TPSA) is 42.6 Å². The molecule has 1 heterocycles. The summed E-state index contributed by atoms with van der Waals surface area (Å²) >= 11 is 0. The van der Waals surface area contributed by atoms with E-state index in [1.807, 2.05) is 26.0 Å². The van der Waals surface area contributed by atoms with E-state index in [9.17, 15) is 4.79 Å². The normalized spacial score (nSPS) is 15.6. The smallest absolute Gasteiger partial charge is 0.144 e. The van der Waals surface area contributed by atoms with Crippen LogP contribution in [0.1, 0.15) is 31.8 Å². The van der Waals surface area contributed by atoms with Gasteiger partial charge < -0.3 is 9.21 Å². The molecule has 14 heavy (non-hydrogen) atoms. The minimum absolute atomic E-state index is 0.514. The van der Waals surface area contributed by atoms with Gasteiger partial charge in [-0.2, -0.15) is 0 Å². The molecule has 0 fully saturated rings. The van der Waals surface area contributed by atoms with Gasteiger partial charge in [-0.15, -0.1) is 0 Å². The first kappa shape index (κ1) is 10.7. The third kappa shape index (κ3) is 1.92. The quantitative estimate of drug-likeness (QED) is 0.543. The molecule has 0 unspecified atom stereocenters. The van der Waals surface area contributed by atoms with Gasteiger partial charge in [0.25, 0.3) is 0 Å². The fourth-order valence-corrected chi connectivity index (χ4v) is 1.17. The van der Waals surface area contributed by atoms with Crippen molar-refractivity contribution < 1.29 is 9.21 Å². The highest BCUT2D eigenvalue weighted by Gasteiger charge is 2.27. The van der Waals surface area contributed by atoms with Gasteiger partial charge in [0.05, 0.1) is 11.6 Å². The molecule has 0 bridgehead atoms. The van der Waals surface area contributed by atoms with E-state index in [0.29, 0.717) is 11.5 Å². The highest BCUT2D eigenvalue weighted by molar-refractivity contribution is 5.76. The minimum Gasteiger partial charge on any atom is -0.459 e. The summed E-state index contributed by atoms with van der Waals surface area (Å²) in [5.41, 5.74) is -0.514. The molecule has 0 saturated heterocycles. The third-order valence-electron chi connectivity index (χ3n) is 2.44. The second-order valence-corrected chi connectivity index (χ2v) is 3.48. The SMILES string of the molecule is CC[C@@](C)(C=O)c1ccc(C=NC)o1. The van der Waals surface area contributed by atoms with Gasteiger partial charge >= 0.3 is 0 Å². The molecule has 3 nitrogen and oxygen atoms in total. The molecule has 1 atom stereocenters. The van der Waals surface area contributed by atoms with Gasteiger partial charge in [0.1, 0.15) is 17.8 Å². The molecule has 0 aliphatic carbocycles. The first-order chi connectivity index (χ1) is 6.66. The average Bonchev–Trinajstić information content (AvgIpc) is 2.66. The summed E-state index contributed by atoms with van der Waals surface area (Å²) in [6.45, 7) is 3.83. The lowest BCUT2D eigenvalue weighted by atomic mass is 9.87. The van der Waals surface area contributed by atoms with Crippen LogP contribution in [0, 0.1) is 0 Å². The molecular weight excluding hydrogens is 178 g/mol. The Labute approximate surface area is 83.8 Å². The second-order valence-electron chi connectivity index (χ2n) is 3.48. The molecule has 0 aliphatic heterocycles. The van der Waals surface area contributed by atoms with E-state index in [-0.39, 0.29) is 0 Å². The van der Waals surface area contributed by atoms with Crippen LogP contribution in [0.25, 0.3) is 0 Å². The molecule has 76 valence electrons. The zero-order chi connectivity index (χ0) is 10.6. The van der Waals surface area contributed by atoms with E-state index in [1.54, 1.807) is 13.3 Å². The molecule has 0 aromatic carbocycles. The van der Waals surface area contributed by atoms with E-state index in [0.717, 1.165) is 12.7 Å². The van der Waals surface area contributed by atoms with Crippen molar-refractivity contribution in [1.82, 2.24) is 0 Å². The summed E-state index contributed by atoms with van der Waals surface area (Å²) in [6, 6.07) is 3.65. The van der Waals surface area contributed by atoms with Crippen molar-refractivity contribution in [3.05, 3.63) is 23.7 Å². The summed E-state index contributed by atoms with van der Waals surface area (Å²) in [7, 11) is 1.68. The predicted octanol–water partition coefficient (Wildman–Crippen LogP) is 2.19. The molecule has 0 aliphatic rings. The first-order valence-electron chi connectivity index (χ1n) is 4.65. The number of aldehydes is 1. The Kier molecular flexibility index (Phi) is 3.23. The predicted molar refractivity (Wildman–Crippen MR) is 55.9 cm³/mol. The van der Waals surface area contributed by atoms with Crippen LogP contribution in [0.2, 0.25) is 0 Å². The Bertz CT molecular complexity index is 341. The van der Waals surface area contributed by atoms with E-state index in [4.69, 9.17) is 4.42 Å². The Balaban J connectivity index is 3.00. The van der Waals surface area contributed by atoms with Crippen LogP contribution in [0.4, 0.5) is 0 Å². The summed E-state index contributed by atoms with van der Waals surface area (Å²) in [5.74, 6) is 1.38. The van der Waals surface area contributed by atoms with Crippen molar-refractivity contribution in [1.29, 1.82) is 0 Å². The highest BCUT2D eigenvalue weighted by atomic mass is 16.3. The third-order valence-corrected chi connectivity index (χ3v) is 2.44. The van der Waals surface area contributed by atoms with Crippen molar-refractivity contribution in [3.63, 3.8) is 0 Å². The van der Waals surface area contributed by atoms with Crippen molar-refractivity contribution >= 4 is 12.5 Å². The number of rotatable bonds is 4. The molecule has 0 spiro atoms. The summed E-state index contributed by atoms with van der Waals surface area (Å²) in [4.78, 5) is 14.8. The van der Waals surface area contributed by atoms with Gasteiger partial charge in [-0.25, -0.2) is 0 Å². The lowest BCUT2D eigenvalue weighted by Crippen LogP contribution is -2.21. The van der Waals surface area contributed by atoms with E-state index >= 15 is 0 Å². The van der Waals surface area contributed by atoms with Crippen LogP contribution >= 0.6 is 0 Å². The van der Waals surface area contributed by atoms with Gasteiger partial charge in [0.15, 0.2) is 0 Å². The van der Waals surface area contributed by atoms with Crippen LogP contribution < -0.4 is 0 Å². The molecule has 0 N–H and O–H groups in total. The second kappa shape index (κ2) is 4.22. The Morgan fingerprint density at radius 1 is 1.57 bits per heavy atom. The zero-order valence-electron chi connectivity index (χ0n) is 8.78. The standard InChI is InChI=1S/C11H15NO2/c1-4-11(2,8-13)10-6-5-9(14-10)7-12-3/h5-8H,4H2,1-3H3/t11-/m0/s1. The van der Waals surface area contributed by atoms with Crippen molar-refractivity contribution in [2.24, 2.45) is 4.99 Å². The average molecular weight is 193 g/mol. The molecule has 1 aromatic rings. The maximum atomic E-state index is 10.9.